The summed E-state index contributed by atoms with van der Waals surface area (Å²) >= 11 is 0. The zero-order valence-electron chi connectivity index (χ0n) is 12.6. The zero-order valence-corrected chi connectivity index (χ0v) is 12.6. The molecule has 0 bridgehead atoms. The lowest BCUT2D eigenvalue weighted by Gasteiger charge is -2.13. The lowest BCUT2D eigenvalue weighted by Crippen LogP contribution is -2.31. The van der Waals surface area contributed by atoms with E-state index in [0.29, 0.717) is 25.1 Å². The third-order valence-electron chi connectivity index (χ3n) is 2.79. The Bertz CT molecular complexity index is 466. The van der Waals surface area contributed by atoms with Crippen molar-refractivity contribution in [2.45, 2.75) is 45.8 Å². The summed E-state index contributed by atoms with van der Waals surface area (Å²) in [4.78, 5) is 11.6. The largest absolute Gasteiger partial charge is 0.491 e. The fourth-order valence-electron chi connectivity index (χ4n) is 1.67. The van der Waals surface area contributed by atoms with Crippen LogP contribution in [0.5, 0.6) is 5.75 Å². The number of urea groups is 1. The van der Waals surface area contributed by atoms with Gasteiger partial charge in [-0.25, -0.2) is 9.18 Å². The number of amides is 2. The van der Waals surface area contributed by atoms with E-state index in [1.54, 1.807) is 6.07 Å². The molecule has 0 spiro atoms. The summed E-state index contributed by atoms with van der Waals surface area (Å²) in [6.45, 7) is 5.89. The van der Waals surface area contributed by atoms with Crippen molar-refractivity contribution < 1.29 is 19.0 Å². The monoisotopic (exact) mass is 298 g/mol. The minimum absolute atomic E-state index is 0.0449. The van der Waals surface area contributed by atoms with Gasteiger partial charge in [-0.15, -0.1) is 0 Å². The van der Waals surface area contributed by atoms with Crippen molar-refractivity contribution in [3.05, 3.63) is 24.0 Å². The van der Waals surface area contributed by atoms with Crippen molar-refractivity contribution >= 4 is 11.7 Å². The maximum atomic E-state index is 13.8. The first-order valence-electron chi connectivity index (χ1n) is 7.11. The average molecular weight is 298 g/mol. The van der Waals surface area contributed by atoms with Gasteiger partial charge >= 0.3 is 6.03 Å². The van der Waals surface area contributed by atoms with E-state index in [0.717, 1.165) is 0 Å². The average Bonchev–Trinajstić information content (AvgIpc) is 2.41. The molecule has 118 valence electrons. The van der Waals surface area contributed by atoms with Crippen molar-refractivity contribution in [1.29, 1.82) is 0 Å². The summed E-state index contributed by atoms with van der Waals surface area (Å²) in [5.74, 6) is -0.142. The number of hydrogen-bond acceptors (Lipinski definition) is 3. The molecule has 3 N–H and O–H groups in total. The fourth-order valence-corrected chi connectivity index (χ4v) is 1.67. The van der Waals surface area contributed by atoms with Crippen molar-refractivity contribution in [3.63, 3.8) is 0 Å². The lowest BCUT2D eigenvalue weighted by atomic mass is 10.2. The summed E-state index contributed by atoms with van der Waals surface area (Å²) in [6, 6.07) is 3.78. The van der Waals surface area contributed by atoms with Gasteiger partial charge in [0.1, 0.15) is 11.6 Å². The smallest absolute Gasteiger partial charge is 0.319 e. The van der Waals surface area contributed by atoms with Crippen LogP contribution in [0, 0.1) is 5.82 Å². The van der Waals surface area contributed by atoms with E-state index < -0.39 is 18.0 Å². The first-order chi connectivity index (χ1) is 9.92. The normalized spacial score (nSPS) is 12.1. The van der Waals surface area contributed by atoms with Crippen LogP contribution >= 0.6 is 0 Å². The van der Waals surface area contributed by atoms with Gasteiger partial charge in [-0.1, -0.05) is 6.92 Å². The van der Waals surface area contributed by atoms with E-state index in [2.05, 4.69) is 10.6 Å². The minimum atomic E-state index is -0.558. The van der Waals surface area contributed by atoms with E-state index in [1.807, 2.05) is 20.8 Å². The number of carbonyl (C=O) groups excluding carboxylic acids is 1. The third-order valence-corrected chi connectivity index (χ3v) is 2.79. The Morgan fingerprint density at radius 3 is 2.71 bits per heavy atom. The molecule has 0 saturated heterocycles. The molecule has 0 heterocycles. The molecule has 5 nitrogen and oxygen atoms in total. The number of aliphatic hydroxyl groups excluding tert-OH is 1. The van der Waals surface area contributed by atoms with Crippen LogP contribution in [0.1, 0.15) is 33.6 Å². The van der Waals surface area contributed by atoms with Gasteiger partial charge in [-0.3, -0.25) is 0 Å². The van der Waals surface area contributed by atoms with Crippen LogP contribution in [0.2, 0.25) is 0 Å². The predicted molar refractivity (Wildman–Crippen MR) is 80.1 cm³/mol. The summed E-state index contributed by atoms with van der Waals surface area (Å²) in [6.07, 6.45) is 0.619. The van der Waals surface area contributed by atoms with E-state index in [9.17, 15) is 14.3 Å². The van der Waals surface area contributed by atoms with Crippen LogP contribution in [-0.2, 0) is 0 Å². The number of benzene rings is 1. The van der Waals surface area contributed by atoms with E-state index in [1.165, 1.54) is 12.1 Å². The second kappa shape index (κ2) is 8.46. The molecule has 1 aromatic carbocycles. The molecule has 0 aliphatic heterocycles. The second-order valence-electron chi connectivity index (χ2n) is 5.04. The van der Waals surface area contributed by atoms with E-state index >= 15 is 0 Å². The van der Waals surface area contributed by atoms with Gasteiger partial charge in [0, 0.05) is 12.6 Å². The molecule has 1 rings (SSSR count). The number of ether oxygens (including phenoxy) is 1. The number of carbonyl (C=O) groups is 1. The van der Waals surface area contributed by atoms with Crippen molar-refractivity contribution in [3.8, 4) is 5.75 Å². The number of anilines is 1. The number of halogens is 1. The summed E-state index contributed by atoms with van der Waals surface area (Å²) in [5.41, 5.74) is 0.0830. The highest BCUT2D eigenvalue weighted by atomic mass is 19.1. The topological polar surface area (TPSA) is 70.6 Å². The van der Waals surface area contributed by atoms with Crippen LogP contribution in [0.3, 0.4) is 0 Å². The highest BCUT2D eigenvalue weighted by molar-refractivity contribution is 5.89. The van der Waals surface area contributed by atoms with Gasteiger partial charge in [0.05, 0.1) is 17.9 Å². The zero-order chi connectivity index (χ0) is 15.8. The summed E-state index contributed by atoms with van der Waals surface area (Å²) < 4.78 is 19.2. The summed E-state index contributed by atoms with van der Waals surface area (Å²) in [7, 11) is 0. The molecule has 0 saturated carbocycles. The first-order valence-corrected chi connectivity index (χ1v) is 7.11. The maximum absolute atomic E-state index is 13.8. The molecule has 0 radical (unpaired) electrons. The number of rotatable bonds is 7. The molecule has 1 unspecified atom stereocenters. The molecular formula is C15H23FN2O3. The van der Waals surface area contributed by atoms with Crippen LogP contribution in [0.25, 0.3) is 0 Å². The fraction of sp³-hybridized carbons (Fsp3) is 0.533. The van der Waals surface area contributed by atoms with E-state index in [-0.39, 0.29) is 11.8 Å². The van der Waals surface area contributed by atoms with Gasteiger partial charge in [-0.05, 0) is 38.8 Å². The van der Waals surface area contributed by atoms with E-state index in [4.69, 9.17) is 4.74 Å². The molecular weight excluding hydrogens is 275 g/mol. The SMILES string of the molecule is CCC(O)CCNC(=O)Nc1ccc(OC(C)C)cc1F. The molecule has 2 amide bonds. The summed E-state index contributed by atoms with van der Waals surface area (Å²) in [5, 5.41) is 14.3. The molecule has 1 aromatic rings. The van der Waals surface area contributed by atoms with Crippen LogP contribution in [-0.4, -0.2) is 29.9 Å². The van der Waals surface area contributed by atoms with Crippen molar-refractivity contribution in [2.24, 2.45) is 0 Å². The first kappa shape index (κ1) is 17.2. The van der Waals surface area contributed by atoms with Crippen LogP contribution in [0.15, 0.2) is 18.2 Å². The predicted octanol–water partition coefficient (Wildman–Crippen LogP) is 2.90. The molecule has 0 aliphatic rings. The van der Waals surface area contributed by atoms with Crippen molar-refractivity contribution in [1.82, 2.24) is 5.32 Å². The minimum Gasteiger partial charge on any atom is -0.491 e. The quantitative estimate of drug-likeness (QED) is 0.725. The molecule has 0 aromatic heterocycles. The third kappa shape index (κ3) is 6.44. The van der Waals surface area contributed by atoms with Crippen LogP contribution < -0.4 is 15.4 Å². The molecule has 6 heteroatoms. The number of nitrogens with one attached hydrogen (secondary N) is 2. The van der Waals surface area contributed by atoms with Gasteiger partial charge in [0.2, 0.25) is 0 Å². The van der Waals surface area contributed by atoms with Gasteiger partial charge < -0.3 is 20.5 Å². The molecule has 21 heavy (non-hydrogen) atoms. The Morgan fingerprint density at radius 2 is 2.14 bits per heavy atom. The maximum Gasteiger partial charge on any atom is 0.319 e. The van der Waals surface area contributed by atoms with Gasteiger partial charge in [0.25, 0.3) is 0 Å². The Hall–Kier alpha value is -1.82. The van der Waals surface area contributed by atoms with Gasteiger partial charge in [0.15, 0.2) is 0 Å². The Morgan fingerprint density at radius 1 is 1.43 bits per heavy atom. The van der Waals surface area contributed by atoms with Crippen LogP contribution in [0.4, 0.5) is 14.9 Å². The Labute approximate surface area is 124 Å². The Kier molecular flexibility index (Phi) is 6.94. The Balaban J connectivity index is 2.49. The lowest BCUT2D eigenvalue weighted by molar-refractivity contribution is 0.160. The van der Waals surface area contributed by atoms with Crippen molar-refractivity contribution in [2.75, 3.05) is 11.9 Å². The highest BCUT2D eigenvalue weighted by Gasteiger charge is 2.09. The van der Waals surface area contributed by atoms with Gasteiger partial charge in [-0.2, -0.15) is 0 Å². The standard InChI is InChI=1S/C15H23FN2O3/c1-4-11(19)7-8-17-15(20)18-14-6-5-12(9-13(14)16)21-10(2)3/h5-6,9-11,19H,4,7-8H2,1-3H3,(H2,17,18,20). The number of aliphatic hydroxyl groups is 1. The number of hydrogen-bond donors (Lipinski definition) is 3. The molecule has 1 atom stereocenters. The molecule has 0 aliphatic carbocycles. The second-order valence-corrected chi connectivity index (χ2v) is 5.04. The molecule has 0 fully saturated rings. The highest BCUT2D eigenvalue weighted by Crippen LogP contribution is 2.21.